The molecular weight excluding hydrogens is 264 g/mol. The van der Waals surface area contributed by atoms with Gasteiger partial charge in [-0.2, -0.15) is 0 Å². The molecule has 0 saturated carbocycles. The van der Waals surface area contributed by atoms with Crippen LogP contribution in [0.3, 0.4) is 0 Å². The fourth-order valence-corrected chi connectivity index (χ4v) is 3.96. The van der Waals surface area contributed by atoms with E-state index in [4.69, 9.17) is 0 Å². The lowest BCUT2D eigenvalue weighted by Crippen LogP contribution is -2.16. The topological polar surface area (TPSA) is 0 Å². The first-order valence-corrected chi connectivity index (χ1v) is 7.89. The zero-order valence-corrected chi connectivity index (χ0v) is 13.4. The summed E-state index contributed by atoms with van der Waals surface area (Å²) >= 11 is 0. The van der Waals surface area contributed by atoms with E-state index in [9.17, 15) is 0 Å². The molecule has 0 aromatic heterocycles. The molecule has 108 valence electrons. The Labute approximate surface area is 132 Å². The number of hydrogen-bond acceptors (Lipinski definition) is 0. The number of hydrogen-bond donors (Lipinski definition) is 0. The molecule has 0 aliphatic heterocycles. The largest absolute Gasteiger partial charge is 0.0622 e. The maximum atomic E-state index is 2.38. The molecule has 0 atom stereocenters. The van der Waals surface area contributed by atoms with Crippen LogP contribution in [0.4, 0.5) is 0 Å². The molecule has 3 aromatic carbocycles. The number of rotatable bonds is 1. The van der Waals surface area contributed by atoms with Crippen LogP contribution in [0.1, 0.15) is 30.5 Å². The Balaban J connectivity index is 1.96. The van der Waals surface area contributed by atoms with Gasteiger partial charge < -0.3 is 0 Å². The molecule has 1 aliphatic carbocycles. The van der Waals surface area contributed by atoms with Crippen molar-refractivity contribution in [1.82, 2.24) is 0 Å². The minimum absolute atomic E-state index is 0.0702. The molecule has 0 unspecified atom stereocenters. The molecule has 0 heteroatoms. The fourth-order valence-electron chi connectivity index (χ4n) is 3.96. The van der Waals surface area contributed by atoms with Crippen molar-refractivity contribution in [3.63, 3.8) is 0 Å². The van der Waals surface area contributed by atoms with Crippen molar-refractivity contribution in [3.8, 4) is 22.3 Å². The fraction of sp³-hybridized carbons (Fsp3) is 0.182. The van der Waals surface area contributed by atoms with Crippen molar-refractivity contribution < 1.29 is 0 Å². The third-order valence-corrected chi connectivity index (χ3v) is 4.99. The first kappa shape index (κ1) is 13.3. The summed E-state index contributed by atoms with van der Waals surface area (Å²) in [6.45, 7) is 6.92. The van der Waals surface area contributed by atoms with Crippen LogP contribution in [0.2, 0.25) is 0 Å². The van der Waals surface area contributed by atoms with Crippen LogP contribution in [-0.2, 0) is 5.41 Å². The molecule has 0 nitrogen and oxygen atoms in total. The van der Waals surface area contributed by atoms with Gasteiger partial charge in [-0.3, -0.25) is 0 Å². The Morgan fingerprint density at radius 3 is 2.23 bits per heavy atom. The van der Waals surface area contributed by atoms with Gasteiger partial charge in [0.2, 0.25) is 0 Å². The second-order valence-corrected chi connectivity index (χ2v) is 6.75. The third-order valence-electron chi connectivity index (χ3n) is 4.99. The minimum atomic E-state index is 0.0702. The number of aryl methyl sites for hydroxylation is 1. The molecule has 3 aromatic rings. The van der Waals surface area contributed by atoms with Gasteiger partial charge in [0.25, 0.3) is 0 Å². The van der Waals surface area contributed by atoms with E-state index in [-0.39, 0.29) is 5.41 Å². The average Bonchev–Trinajstić information content (AvgIpc) is 2.77. The van der Waals surface area contributed by atoms with Gasteiger partial charge in [0, 0.05) is 5.41 Å². The van der Waals surface area contributed by atoms with Crippen LogP contribution in [-0.4, -0.2) is 0 Å². The van der Waals surface area contributed by atoms with Crippen molar-refractivity contribution in [1.29, 1.82) is 0 Å². The summed E-state index contributed by atoms with van der Waals surface area (Å²) in [4.78, 5) is 0. The smallest absolute Gasteiger partial charge is 0.0161 e. The molecule has 0 radical (unpaired) electrons. The molecule has 0 fully saturated rings. The zero-order chi connectivity index (χ0) is 15.3. The van der Waals surface area contributed by atoms with E-state index >= 15 is 0 Å². The predicted molar refractivity (Wildman–Crippen MR) is 94.2 cm³/mol. The highest BCUT2D eigenvalue weighted by Gasteiger charge is 2.36. The van der Waals surface area contributed by atoms with Gasteiger partial charge in [-0.15, -0.1) is 0 Å². The van der Waals surface area contributed by atoms with E-state index in [1.165, 1.54) is 38.9 Å². The summed E-state index contributed by atoms with van der Waals surface area (Å²) < 4.78 is 0. The molecule has 0 saturated heterocycles. The molecule has 22 heavy (non-hydrogen) atoms. The lowest BCUT2D eigenvalue weighted by atomic mass is 9.80. The molecule has 0 amide bonds. The lowest BCUT2D eigenvalue weighted by molar-refractivity contribution is 0.656. The van der Waals surface area contributed by atoms with Crippen LogP contribution in [0, 0.1) is 6.92 Å². The van der Waals surface area contributed by atoms with E-state index < -0.39 is 0 Å². The predicted octanol–water partition coefficient (Wildman–Crippen LogP) is 5.97. The highest BCUT2D eigenvalue weighted by atomic mass is 14.4. The standard InChI is InChI=1S/C22H20/c1-15-8-7-11-19-18-13-12-17(16-9-5-4-6-10-16)14-20(18)22(2,3)21(15)19/h4-14H,1-3H3. The van der Waals surface area contributed by atoms with Gasteiger partial charge in [0.1, 0.15) is 0 Å². The first-order chi connectivity index (χ1) is 10.6. The third kappa shape index (κ3) is 1.77. The van der Waals surface area contributed by atoms with Crippen LogP contribution in [0.15, 0.2) is 66.7 Å². The molecule has 4 rings (SSSR count). The monoisotopic (exact) mass is 284 g/mol. The van der Waals surface area contributed by atoms with E-state index in [0.717, 1.165) is 0 Å². The van der Waals surface area contributed by atoms with Gasteiger partial charge in [-0.05, 0) is 51.9 Å². The number of benzene rings is 3. The maximum Gasteiger partial charge on any atom is 0.0161 e. The summed E-state index contributed by atoms with van der Waals surface area (Å²) in [5.74, 6) is 0. The number of fused-ring (bicyclic) bond motifs is 3. The SMILES string of the molecule is Cc1cccc2c1C(C)(C)c1cc(-c3ccccc3)ccc1-2. The zero-order valence-electron chi connectivity index (χ0n) is 13.4. The Kier molecular flexibility index (Phi) is 2.77. The van der Waals surface area contributed by atoms with Gasteiger partial charge in [-0.1, -0.05) is 74.5 Å². The van der Waals surface area contributed by atoms with Crippen molar-refractivity contribution in [2.45, 2.75) is 26.2 Å². The summed E-state index contributed by atoms with van der Waals surface area (Å²) in [6.07, 6.45) is 0. The van der Waals surface area contributed by atoms with Crippen LogP contribution in [0.5, 0.6) is 0 Å². The molecular formula is C22H20. The van der Waals surface area contributed by atoms with E-state index in [1.807, 2.05) is 0 Å². The van der Waals surface area contributed by atoms with Gasteiger partial charge in [0.05, 0.1) is 0 Å². The minimum Gasteiger partial charge on any atom is -0.0622 e. The van der Waals surface area contributed by atoms with E-state index in [1.54, 1.807) is 0 Å². The Morgan fingerprint density at radius 1 is 0.682 bits per heavy atom. The van der Waals surface area contributed by atoms with Crippen LogP contribution < -0.4 is 0 Å². The molecule has 0 heterocycles. The molecule has 1 aliphatic rings. The molecule has 0 spiro atoms. The van der Waals surface area contributed by atoms with Gasteiger partial charge in [-0.25, -0.2) is 0 Å². The summed E-state index contributed by atoms with van der Waals surface area (Å²) in [5.41, 5.74) is 9.77. The molecule has 0 bridgehead atoms. The van der Waals surface area contributed by atoms with Gasteiger partial charge >= 0.3 is 0 Å². The van der Waals surface area contributed by atoms with Crippen molar-refractivity contribution >= 4 is 0 Å². The quantitative estimate of drug-likeness (QED) is 0.516. The average molecular weight is 284 g/mol. The summed E-state index contributed by atoms with van der Waals surface area (Å²) in [7, 11) is 0. The van der Waals surface area contributed by atoms with Crippen molar-refractivity contribution in [2.75, 3.05) is 0 Å². The summed E-state index contributed by atoms with van der Waals surface area (Å²) in [5, 5.41) is 0. The van der Waals surface area contributed by atoms with E-state index in [2.05, 4.69) is 87.5 Å². The van der Waals surface area contributed by atoms with Crippen LogP contribution >= 0.6 is 0 Å². The Hall–Kier alpha value is -2.34. The van der Waals surface area contributed by atoms with E-state index in [0.29, 0.717) is 0 Å². The highest BCUT2D eigenvalue weighted by molar-refractivity contribution is 5.84. The molecule has 0 N–H and O–H groups in total. The first-order valence-electron chi connectivity index (χ1n) is 7.89. The Morgan fingerprint density at radius 2 is 1.45 bits per heavy atom. The second kappa shape index (κ2) is 4.58. The Bertz CT molecular complexity index is 854. The maximum absolute atomic E-state index is 2.38. The van der Waals surface area contributed by atoms with Gasteiger partial charge in [0.15, 0.2) is 0 Å². The van der Waals surface area contributed by atoms with Crippen LogP contribution in [0.25, 0.3) is 22.3 Å². The van der Waals surface area contributed by atoms with Crippen molar-refractivity contribution in [2.24, 2.45) is 0 Å². The lowest BCUT2D eigenvalue weighted by Gasteiger charge is -2.23. The second-order valence-electron chi connectivity index (χ2n) is 6.75. The summed E-state index contributed by atoms with van der Waals surface area (Å²) in [6, 6.07) is 24.2. The normalized spacial score (nSPS) is 14.5. The van der Waals surface area contributed by atoms with Crippen molar-refractivity contribution in [3.05, 3.63) is 83.4 Å². The highest BCUT2D eigenvalue weighted by Crippen LogP contribution is 2.50.